The quantitative estimate of drug-likeness (QED) is 0.627. The summed E-state index contributed by atoms with van der Waals surface area (Å²) in [6.45, 7) is 16.9. The maximum Gasteiger partial charge on any atom is 0.0337 e. The molecule has 0 amide bonds. The summed E-state index contributed by atoms with van der Waals surface area (Å²) in [6, 6.07) is 0. The van der Waals surface area contributed by atoms with E-state index in [1.165, 1.54) is 0 Å². The van der Waals surface area contributed by atoms with Crippen molar-refractivity contribution in [3.05, 3.63) is 36.6 Å². The molecule has 0 bridgehead atoms. The van der Waals surface area contributed by atoms with Gasteiger partial charge in [-0.1, -0.05) is 46.9 Å². The third-order valence-electron chi connectivity index (χ3n) is 0.981. The van der Waals surface area contributed by atoms with E-state index in [0.29, 0.717) is 5.70 Å². The molecule has 0 aromatic carbocycles. The summed E-state index contributed by atoms with van der Waals surface area (Å²) >= 11 is 0. The van der Waals surface area contributed by atoms with Crippen molar-refractivity contribution < 1.29 is 0 Å². The summed E-state index contributed by atoms with van der Waals surface area (Å²) in [4.78, 5) is 0. The minimum atomic E-state index is 0.694. The van der Waals surface area contributed by atoms with Crippen molar-refractivity contribution in [3.8, 4) is 0 Å². The van der Waals surface area contributed by atoms with Gasteiger partial charge < -0.3 is 5.73 Å². The van der Waals surface area contributed by atoms with Crippen LogP contribution in [0.1, 0.15) is 34.6 Å². The fourth-order valence-corrected chi connectivity index (χ4v) is 0.279. The Morgan fingerprint density at radius 2 is 1.33 bits per heavy atom. The Morgan fingerprint density at radius 3 is 1.42 bits per heavy atom. The molecule has 0 aliphatic carbocycles. The molecule has 0 spiro atoms. The number of allylic oxidation sites excluding steroid dienone is 3. The molecule has 1 heteroatoms. The Hall–Kier alpha value is -0.980. The van der Waals surface area contributed by atoms with Crippen LogP contribution in [0.15, 0.2) is 36.6 Å². The number of hydrogen-bond donors (Lipinski definition) is 1. The topological polar surface area (TPSA) is 26.0 Å². The van der Waals surface area contributed by atoms with Crippen LogP contribution in [0.25, 0.3) is 0 Å². The monoisotopic (exact) mass is 169 g/mol. The highest BCUT2D eigenvalue weighted by Crippen LogP contribution is 1.97. The smallest absolute Gasteiger partial charge is 0.0337 e. The molecule has 0 atom stereocenters. The third kappa shape index (κ3) is 11.8. The van der Waals surface area contributed by atoms with Crippen LogP contribution in [0.3, 0.4) is 0 Å². The second-order valence-electron chi connectivity index (χ2n) is 1.55. The maximum absolute atomic E-state index is 5.42. The summed E-state index contributed by atoms with van der Waals surface area (Å²) in [5.41, 5.74) is 7.08. The molecule has 0 saturated heterocycles. The zero-order chi connectivity index (χ0) is 10.6. The van der Waals surface area contributed by atoms with E-state index in [2.05, 4.69) is 13.2 Å². The van der Waals surface area contributed by atoms with Crippen LogP contribution in [0.4, 0.5) is 0 Å². The van der Waals surface area contributed by atoms with Crippen LogP contribution in [0.5, 0.6) is 0 Å². The molecular weight excluding hydrogens is 146 g/mol. The van der Waals surface area contributed by atoms with E-state index in [1.54, 1.807) is 12.2 Å². The van der Waals surface area contributed by atoms with Gasteiger partial charge in [-0.25, -0.2) is 0 Å². The second kappa shape index (κ2) is 16.5. The Kier molecular flexibility index (Phi) is 23.7. The van der Waals surface area contributed by atoms with E-state index in [-0.39, 0.29) is 0 Å². The van der Waals surface area contributed by atoms with E-state index < -0.39 is 0 Å². The summed E-state index contributed by atoms with van der Waals surface area (Å²) < 4.78 is 0. The number of nitrogens with two attached hydrogens (primary N) is 1. The number of hydrogen-bond acceptors (Lipinski definition) is 1. The molecule has 0 heterocycles. The average molecular weight is 169 g/mol. The van der Waals surface area contributed by atoms with E-state index in [9.17, 15) is 0 Å². The highest BCUT2D eigenvalue weighted by molar-refractivity contribution is 5.26. The van der Waals surface area contributed by atoms with Gasteiger partial charge in [0.1, 0.15) is 0 Å². The van der Waals surface area contributed by atoms with Crippen LogP contribution >= 0.6 is 0 Å². The van der Waals surface area contributed by atoms with E-state index >= 15 is 0 Å². The molecule has 12 heavy (non-hydrogen) atoms. The van der Waals surface area contributed by atoms with Gasteiger partial charge in [-0.3, -0.25) is 0 Å². The molecule has 0 saturated carbocycles. The van der Waals surface area contributed by atoms with E-state index in [4.69, 9.17) is 5.73 Å². The fourth-order valence-electron chi connectivity index (χ4n) is 0.279. The molecule has 72 valence electrons. The zero-order valence-corrected chi connectivity index (χ0v) is 9.15. The molecule has 0 fully saturated rings. The highest BCUT2D eigenvalue weighted by atomic mass is 14.6. The largest absolute Gasteiger partial charge is 0.399 e. The van der Waals surface area contributed by atoms with Gasteiger partial charge >= 0.3 is 0 Å². The van der Waals surface area contributed by atoms with E-state index in [0.717, 1.165) is 5.57 Å². The predicted molar refractivity (Wildman–Crippen MR) is 60.0 cm³/mol. The molecule has 0 unspecified atom stereocenters. The van der Waals surface area contributed by atoms with Gasteiger partial charge in [0.25, 0.3) is 0 Å². The van der Waals surface area contributed by atoms with Crippen molar-refractivity contribution in [2.75, 3.05) is 0 Å². The summed E-state index contributed by atoms with van der Waals surface area (Å²) in [6.07, 6.45) is 3.31. The molecule has 1 nitrogen and oxygen atoms in total. The van der Waals surface area contributed by atoms with Gasteiger partial charge in [0.05, 0.1) is 0 Å². The Labute approximate surface area is 77.7 Å². The summed E-state index contributed by atoms with van der Waals surface area (Å²) in [5.74, 6) is 0. The number of rotatable bonds is 2. The van der Waals surface area contributed by atoms with Crippen molar-refractivity contribution in [3.63, 3.8) is 0 Å². The molecular formula is C11H23N. The lowest BCUT2D eigenvalue weighted by atomic mass is 10.2. The Bertz CT molecular complexity index is 116. The van der Waals surface area contributed by atoms with Crippen LogP contribution in [-0.4, -0.2) is 0 Å². The molecule has 0 rings (SSSR count). The average Bonchev–Trinajstić information content (AvgIpc) is 2.21. The SMILES string of the molecule is C=C/C(C)=C(/N)C=C.CC.CC. The predicted octanol–water partition coefficient (Wildman–Crippen LogP) is 3.64. The van der Waals surface area contributed by atoms with Crippen LogP contribution in [0, 0.1) is 0 Å². The van der Waals surface area contributed by atoms with E-state index in [1.807, 2.05) is 34.6 Å². The lowest BCUT2D eigenvalue weighted by Gasteiger charge is -1.92. The molecule has 0 aliphatic rings. The van der Waals surface area contributed by atoms with Gasteiger partial charge in [-0.15, -0.1) is 0 Å². The van der Waals surface area contributed by atoms with Gasteiger partial charge in [-0.2, -0.15) is 0 Å². The third-order valence-corrected chi connectivity index (χ3v) is 0.981. The Morgan fingerprint density at radius 1 is 1.00 bits per heavy atom. The minimum Gasteiger partial charge on any atom is -0.399 e. The van der Waals surface area contributed by atoms with Gasteiger partial charge in [0.2, 0.25) is 0 Å². The molecule has 0 aromatic heterocycles. The lowest BCUT2D eigenvalue weighted by Crippen LogP contribution is -1.94. The first kappa shape index (κ1) is 17.2. The second-order valence-corrected chi connectivity index (χ2v) is 1.55. The van der Waals surface area contributed by atoms with Crippen LogP contribution in [0.2, 0.25) is 0 Å². The molecule has 0 radical (unpaired) electrons. The Balaban J connectivity index is -0.000000175. The van der Waals surface area contributed by atoms with Gasteiger partial charge in [-0.05, 0) is 18.6 Å². The van der Waals surface area contributed by atoms with Crippen molar-refractivity contribution >= 4 is 0 Å². The first-order valence-corrected chi connectivity index (χ1v) is 4.43. The summed E-state index contributed by atoms with van der Waals surface area (Å²) in [5, 5.41) is 0. The van der Waals surface area contributed by atoms with Gasteiger partial charge in [0, 0.05) is 5.70 Å². The summed E-state index contributed by atoms with van der Waals surface area (Å²) in [7, 11) is 0. The fraction of sp³-hybridized carbons (Fsp3) is 0.455. The first-order valence-electron chi connectivity index (χ1n) is 4.43. The first-order chi connectivity index (χ1) is 5.72. The van der Waals surface area contributed by atoms with Crippen LogP contribution < -0.4 is 5.73 Å². The molecule has 0 aliphatic heterocycles. The normalized spacial score (nSPS) is 9.08. The maximum atomic E-state index is 5.42. The lowest BCUT2D eigenvalue weighted by molar-refractivity contribution is 1.33. The standard InChI is InChI=1S/C7H11N.2C2H6/c1-4-6(3)7(8)5-2;2*1-2/h4-5H,1-2,8H2,3H3;2*1-2H3/b7-6+;;. The van der Waals surface area contributed by atoms with Crippen molar-refractivity contribution in [1.29, 1.82) is 0 Å². The van der Waals surface area contributed by atoms with Crippen molar-refractivity contribution in [1.82, 2.24) is 0 Å². The van der Waals surface area contributed by atoms with Crippen molar-refractivity contribution in [2.24, 2.45) is 5.73 Å². The minimum absolute atomic E-state index is 0.694. The van der Waals surface area contributed by atoms with Crippen LogP contribution in [-0.2, 0) is 0 Å². The molecule has 0 aromatic rings. The highest BCUT2D eigenvalue weighted by Gasteiger charge is 1.83. The van der Waals surface area contributed by atoms with Gasteiger partial charge in [0.15, 0.2) is 0 Å². The van der Waals surface area contributed by atoms with Crippen molar-refractivity contribution in [2.45, 2.75) is 34.6 Å². The zero-order valence-electron chi connectivity index (χ0n) is 9.15. The molecule has 2 N–H and O–H groups in total.